The molecule has 3 heteroatoms. The molecule has 0 aliphatic rings. The van der Waals surface area contributed by atoms with Crippen molar-refractivity contribution in [2.45, 2.75) is 19.4 Å². The van der Waals surface area contributed by atoms with E-state index in [-0.39, 0.29) is 6.10 Å². The van der Waals surface area contributed by atoms with Gasteiger partial charge in [-0.25, -0.2) is 0 Å². The highest BCUT2D eigenvalue weighted by Crippen LogP contribution is 2.24. The van der Waals surface area contributed by atoms with Crippen LogP contribution in [0.4, 0.5) is 0 Å². The second kappa shape index (κ2) is 5.52. The highest BCUT2D eigenvalue weighted by Gasteiger charge is 2.00. The molecule has 0 aromatic heterocycles. The molecule has 0 saturated carbocycles. The summed E-state index contributed by atoms with van der Waals surface area (Å²) in [6, 6.07) is 12.2. The quantitative estimate of drug-likeness (QED) is 0.930. The molecule has 0 radical (unpaired) electrons. The van der Waals surface area contributed by atoms with Crippen LogP contribution in [-0.4, -0.2) is 17.8 Å². The first-order chi connectivity index (χ1) is 8.15. The maximum absolute atomic E-state index is 9.15. The van der Waals surface area contributed by atoms with Gasteiger partial charge in [0.2, 0.25) is 0 Å². The van der Waals surface area contributed by atoms with Gasteiger partial charge in [0, 0.05) is 10.9 Å². The molecule has 0 spiro atoms. The van der Waals surface area contributed by atoms with E-state index in [0.717, 1.165) is 15.6 Å². The second-order valence-electron chi connectivity index (χ2n) is 4.14. The molecular formula is C14H15BrO2. The Morgan fingerprint density at radius 2 is 1.88 bits per heavy atom. The van der Waals surface area contributed by atoms with E-state index in [1.54, 1.807) is 6.92 Å². The van der Waals surface area contributed by atoms with Gasteiger partial charge in [-0.2, -0.15) is 0 Å². The third-order valence-corrected chi connectivity index (χ3v) is 3.07. The molecule has 2 rings (SSSR count). The first-order valence-corrected chi connectivity index (χ1v) is 6.44. The van der Waals surface area contributed by atoms with Crippen molar-refractivity contribution in [3.63, 3.8) is 0 Å². The maximum Gasteiger partial charge on any atom is 0.119 e. The Hall–Kier alpha value is -1.06. The summed E-state index contributed by atoms with van der Waals surface area (Å²) in [4.78, 5) is 0. The molecule has 0 aliphatic carbocycles. The summed E-state index contributed by atoms with van der Waals surface area (Å²) in [7, 11) is 0. The predicted octanol–water partition coefficient (Wildman–Crippen LogP) is 3.75. The molecule has 0 amide bonds. The summed E-state index contributed by atoms with van der Waals surface area (Å²) in [5, 5.41) is 11.5. The number of hydrogen-bond acceptors (Lipinski definition) is 2. The molecule has 1 N–H and O–H groups in total. The van der Waals surface area contributed by atoms with Crippen LogP contribution in [-0.2, 0) is 0 Å². The molecule has 0 bridgehead atoms. The summed E-state index contributed by atoms with van der Waals surface area (Å²) < 4.78 is 6.66. The van der Waals surface area contributed by atoms with E-state index >= 15 is 0 Å². The van der Waals surface area contributed by atoms with Crippen LogP contribution in [0, 0.1) is 0 Å². The largest absolute Gasteiger partial charge is 0.493 e. The van der Waals surface area contributed by atoms with E-state index < -0.39 is 0 Å². The maximum atomic E-state index is 9.15. The number of aliphatic hydroxyl groups is 1. The van der Waals surface area contributed by atoms with Gasteiger partial charge >= 0.3 is 0 Å². The molecule has 2 aromatic rings. The normalized spacial score (nSPS) is 12.6. The van der Waals surface area contributed by atoms with Gasteiger partial charge in [-0.05, 0) is 42.0 Å². The minimum Gasteiger partial charge on any atom is -0.493 e. The molecule has 0 aliphatic heterocycles. The van der Waals surface area contributed by atoms with Crippen LogP contribution in [0.25, 0.3) is 10.8 Å². The molecule has 2 nitrogen and oxygen atoms in total. The molecule has 17 heavy (non-hydrogen) atoms. The Kier molecular flexibility index (Phi) is 4.02. The number of ether oxygens (including phenoxy) is 1. The number of rotatable bonds is 4. The Morgan fingerprint density at radius 3 is 2.65 bits per heavy atom. The SMILES string of the molecule is CC(O)CCOc1ccc2cc(Br)ccc2c1. The van der Waals surface area contributed by atoms with Crippen molar-refractivity contribution >= 4 is 26.7 Å². The molecule has 1 unspecified atom stereocenters. The van der Waals surface area contributed by atoms with Gasteiger partial charge in [-0.1, -0.05) is 28.1 Å². The van der Waals surface area contributed by atoms with Gasteiger partial charge in [0.15, 0.2) is 0 Å². The smallest absolute Gasteiger partial charge is 0.119 e. The summed E-state index contributed by atoms with van der Waals surface area (Å²) >= 11 is 3.45. The van der Waals surface area contributed by atoms with E-state index in [4.69, 9.17) is 9.84 Å². The van der Waals surface area contributed by atoms with Crippen molar-refractivity contribution in [2.24, 2.45) is 0 Å². The molecule has 0 fully saturated rings. The lowest BCUT2D eigenvalue weighted by atomic mass is 10.1. The van der Waals surface area contributed by atoms with Gasteiger partial charge < -0.3 is 9.84 Å². The highest BCUT2D eigenvalue weighted by molar-refractivity contribution is 9.10. The van der Waals surface area contributed by atoms with E-state index in [2.05, 4.69) is 28.1 Å². The lowest BCUT2D eigenvalue weighted by Gasteiger charge is -2.08. The van der Waals surface area contributed by atoms with Crippen molar-refractivity contribution in [3.05, 3.63) is 40.9 Å². The summed E-state index contributed by atoms with van der Waals surface area (Å²) in [6.07, 6.45) is 0.338. The molecule has 0 heterocycles. The molecule has 2 aromatic carbocycles. The van der Waals surface area contributed by atoms with E-state index in [1.165, 1.54) is 5.39 Å². The predicted molar refractivity (Wildman–Crippen MR) is 73.4 cm³/mol. The van der Waals surface area contributed by atoms with Gasteiger partial charge in [-0.3, -0.25) is 0 Å². The van der Waals surface area contributed by atoms with Crippen molar-refractivity contribution in [3.8, 4) is 5.75 Å². The lowest BCUT2D eigenvalue weighted by molar-refractivity contribution is 0.155. The standard InChI is InChI=1S/C14H15BrO2/c1-10(16)6-7-17-14-5-3-11-8-13(15)4-2-12(11)9-14/h2-5,8-10,16H,6-7H2,1H3. The van der Waals surface area contributed by atoms with Crippen LogP contribution in [0.3, 0.4) is 0 Å². The topological polar surface area (TPSA) is 29.5 Å². The molecule has 0 saturated heterocycles. The van der Waals surface area contributed by atoms with Gasteiger partial charge in [0.05, 0.1) is 12.7 Å². The van der Waals surface area contributed by atoms with Gasteiger partial charge in [-0.15, -0.1) is 0 Å². The Balaban J connectivity index is 2.12. The van der Waals surface area contributed by atoms with Crippen molar-refractivity contribution in [1.29, 1.82) is 0 Å². The lowest BCUT2D eigenvalue weighted by Crippen LogP contribution is -2.07. The molecule has 90 valence electrons. The first-order valence-electron chi connectivity index (χ1n) is 5.65. The minimum absolute atomic E-state index is 0.314. The van der Waals surface area contributed by atoms with Crippen molar-refractivity contribution in [2.75, 3.05) is 6.61 Å². The summed E-state index contributed by atoms with van der Waals surface area (Å²) in [6.45, 7) is 2.31. The third kappa shape index (κ3) is 3.45. The zero-order chi connectivity index (χ0) is 12.3. The monoisotopic (exact) mass is 294 g/mol. The van der Waals surface area contributed by atoms with Crippen molar-refractivity contribution in [1.82, 2.24) is 0 Å². The van der Waals surface area contributed by atoms with Gasteiger partial charge in [0.1, 0.15) is 5.75 Å². The van der Waals surface area contributed by atoms with Crippen LogP contribution in [0.5, 0.6) is 5.75 Å². The zero-order valence-electron chi connectivity index (χ0n) is 9.69. The van der Waals surface area contributed by atoms with Crippen LogP contribution in [0.15, 0.2) is 40.9 Å². The molecular weight excluding hydrogens is 280 g/mol. The Labute approximate surface area is 109 Å². The highest BCUT2D eigenvalue weighted by atomic mass is 79.9. The fourth-order valence-electron chi connectivity index (χ4n) is 1.63. The molecule has 1 atom stereocenters. The fourth-order valence-corrected chi connectivity index (χ4v) is 2.01. The number of fused-ring (bicyclic) bond motifs is 1. The average molecular weight is 295 g/mol. The number of halogens is 1. The zero-order valence-corrected chi connectivity index (χ0v) is 11.3. The van der Waals surface area contributed by atoms with E-state index in [9.17, 15) is 0 Å². The second-order valence-corrected chi connectivity index (χ2v) is 5.06. The van der Waals surface area contributed by atoms with Crippen LogP contribution >= 0.6 is 15.9 Å². The van der Waals surface area contributed by atoms with Crippen LogP contribution in [0.1, 0.15) is 13.3 Å². The minimum atomic E-state index is -0.314. The number of benzene rings is 2. The Bertz CT molecular complexity index is 509. The van der Waals surface area contributed by atoms with Crippen LogP contribution < -0.4 is 4.74 Å². The van der Waals surface area contributed by atoms with E-state index in [1.807, 2.05) is 24.3 Å². The Morgan fingerprint density at radius 1 is 1.18 bits per heavy atom. The first kappa shape index (κ1) is 12.4. The average Bonchev–Trinajstić information content (AvgIpc) is 2.29. The van der Waals surface area contributed by atoms with Crippen LogP contribution in [0.2, 0.25) is 0 Å². The number of hydrogen-bond donors (Lipinski definition) is 1. The van der Waals surface area contributed by atoms with Crippen molar-refractivity contribution < 1.29 is 9.84 Å². The summed E-state index contributed by atoms with van der Waals surface area (Å²) in [5.41, 5.74) is 0. The van der Waals surface area contributed by atoms with E-state index in [0.29, 0.717) is 13.0 Å². The third-order valence-electron chi connectivity index (χ3n) is 2.58. The van der Waals surface area contributed by atoms with Gasteiger partial charge in [0.25, 0.3) is 0 Å². The summed E-state index contributed by atoms with van der Waals surface area (Å²) in [5.74, 6) is 0.848. The fraction of sp³-hybridized carbons (Fsp3) is 0.286. The number of aliphatic hydroxyl groups excluding tert-OH is 1.